The van der Waals surface area contributed by atoms with E-state index in [9.17, 15) is 0 Å². The highest BCUT2D eigenvalue weighted by atomic mass is 35.5. The van der Waals surface area contributed by atoms with Crippen molar-refractivity contribution in [3.63, 3.8) is 0 Å². The van der Waals surface area contributed by atoms with Crippen molar-refractivity contribution < 1.29 is 9.84 Å². The lowest BCUT2D eigenvalue weighted by Gasteiger charge is -2.10. The lowest BCUT2D eigenvalue weighted by atomic mass is 10.1. The Hall–Kier alpha value is -1.29. The molecule has 0 radical (unpaired) electrons. The summed E-state index contributed by atoms with van der Waals surface area (Å²) in [5.74, 6) is 0.828. The predicted octanol–water partition coefficient (Wildman–Crippen LogP) is 3.37. The van der Waals surface area contributed by atoms with Gasteiger partial charge in [-0.3, -0.25) is 0 Å². The Morgan fingerprint density at radius 3 is 2.20 bits per heavy atom. The number of aliphatic hydroxyl groups excluding tert-OH is 1. The van der Waals surface area contributed by atoms with Crippen LogP contribution < -0.4 is 10.5 Å². The van der Waals surface area contributed by atoms with E-state index in [0.717, 1.165) is 16.5 Å². The van der Waals surface area contributed by atoms with Gasteiger partial charge in [0.05, 0.1) is 6.10 Å². The molecule has 0 saturated heterocycles. The number of fused-ring (bicyclic) bond motifs is 1. The lowest BCUT2D eigenvalue weighted by Crippen LogP contribution is -2.12. The Labute approximate surface area is 127 Å². The molecule has 1 atom stereocenters. The molecule has 0 aromatic heterocycles. The van der Waals surface area contributed by atoms with Gasteiger partial charge in [0.2, 0.25) is 0 Å². The van der Waals surface area contributed by atoms with E-state index >= 15 is 0 Å². The molecule has 20 heavy (non-hydrogen) atoms. The minimum atomic E-state index is -0.441. The van der Waals surface area contributed by atoms with E-state index in [1.807, 2.05) is 56.3 Å². The van der Waals surface area contributed by atoms with Crippen molar-refractivity contribution >= 4 is 23.2 Å². The predicted molar refractivity (Wildman–Crippen MR) is 87.7 cm³/mol. The summed E-state index contributed by atoms with van der Waals surface area (Å²) in [6, 6.07) is 14.3. The number of ether oxygens (including phenoxy) is 1. The first-order chi connectivity index (χ1) is 9.00. The maximum atomic E-state index is 9.16. The van der Waals surface area contributed by atoms with Gasteiger partial charge in [-0.25, -0.2) is 0 Å². The number of halogens is 1. The first kappa shape index (κ1) is 18.7. The number of hydrogen-bond acceptors (Lipinski definition) is 3. The van der Waals surface area contributed by atoms with Gasteiger partial charge in [-0.05, 0) is 24.4 Å². The molecule has 2 rings (SSSR count). The quantitative estimate of drug-likeness (QED) is 0.913. The molecular weight excluding hydrogens is 274 g/mol. The second-order valence-electron chi connectivity index (χ2n) is 4.88. The molecule has 3 N–H and O–H groups in total. The summed E-state index contributed by atoms with van der Waals surface area (Å²) in [5, 5.41) is 11.4. The first-order valence-corrected chi connectivity index (χ1v) is 6.55. The van der Waals surface area contributed by atoms with Crippen LogP contribution in [0.1, 0.15) is 20.8 Å². The van der Waals surface area contributed by atoms with Crippen LogP contribution in [0, 0.1) is 0 Å². The molecule has 0 saturated carbocycles. The highest BCUT2D eigenvalue weighted by molar-refractivity contribution is 5.88. The Kier molecular flexibility index (Phi) is 8.97. The maximum absolute atomic E-state index is 9.16. The highest BCUT2D eigenvalue weighted by Gasteiger charge is 2.02. The molecule has 4 heteroatoms. The molecule has 0 heterocycles. The van der Waals surface area contributed by atoms with Crippen molar-refractivity contribution in [2.75, 3.05) is 6.61 Å². The second kappa shape index (κ2) is 9.59. The smallest absolute Gasteiger partial charge is 0.127 e. The maximum Gasteiger partial charge on any atom is 0.127 e. The van der Waals surface area contributed by atoms with Gasteiger partial charge >= 0.3 is 0 Å². The monoisotopic (exact) mass is 297 g/mol. The zero-order valence-corrected chi connectivity index (χ0v) is 13.1. The summed E-state index contributed by atoms with van der Waals surface area (Å²) in [4.78, 5) is 0. The minimum Gasteiger partial charge on any atom is -0.490 e. The molecule has 1 unspecified atom stereocenters. The Bertz CT molecular complexity index is 493. The van der Waals surface area contributed by atoms with Gasteiger partial charge in [0, 0.05) is 5.39 Å². The topological polar surface area (TPSA) is 55.5 Å². The van der Waals surface area contributed by atoms with Crippen LogP contribution >= 0.6 is 12.4 Å². The van der Waals surface area contributed by atoms with E-state index in [1.54, 1.807) is 6.92 Å². The van der Waals surface area contributed by atoms with Gasteiger partial charge in [-0.1, -0.05) is 50.2 Å². The fourth-order valence-electron chi connectivity index (χ4n) is 1.53. The van der Waals surface area contributed by atoms with Gasteiger partial charge in [-0.2, -0.15) is 0 Å². The van der Waals surface area contributed by atoms with E-state index < -0.39 is 6.10 Å². The van der Waals surface area contributed by atoms with E-state index in [4.69, 9.17) is 15.6 Å². The molecule has 112 valence electrons. The van der Waals surface area contributed by atoms with Crippen LogP contribution in [-0.4, -0.2) is 23.9 Å². The largest absolute Gasteiger partial charge is 0.490 e. The number of rotatable bonds is 3. The highest BCUT2D eigenvalue weighted by Crippen LogP contribution is 2.25. The Morgan fingerprint density at radius 2 is 1.60 bits per heavy atom. The van der Waals surface area contributed by atoms with Crippen LogP contribution in [0.15, 0.2) is 42.5 Å². The molecule has 0 fully saturated rings. The molecule has 0 aliphatic carbocycles. The second-order valence-corrected chi connectivity index (χ2v) is 4.88. The number of aliphatic hydroxyl groups is 1. The molecule has 0 amide bonds. The third kappa shape index (κ3) is 6.75. The van der Waals surface area contributed by atoms with Gasteiger partial charge < -0.3 is 15.6 Å². The molecule has 0 aliphatic heterocycles. The van der Waals surface area contributed by atoms with Crippen LogP contribution in [0.2, 0.25) is 0 Å². The van der Waals surface area contributed by atoms with Crippen LogP contribution in [0.25, 0.3) is 10.8 Å². The Morgan fingerprint density at radius 1 is 1.05 bits per heavy atom. The number of benzene rings is 2. The summed E-state index contributed by atoms with van der Waals surface area (Å²) in [6.07, 6.45) is -0.441. The van der Waals surface area contributed by atoms with Crippen LogP contribution in [0.3, 0.4) is 0 Å². The summed E-state index contributed by atoms with van der Waals surface area (Å²) < 4.78 is 5.53. The molecule has 0 spiro atoms. The average molecular weight is 298 g/mol. The van der Waals surface area contributed by atoms with E-state index in [0.29, 0.717) is 12.6 Å². The van der Waals surface area contributed by atoms with Crippen LogP contribution in [0.5, 0.6) is 5.75 Å². The zero-order chi connectivity index (χ0) is 14.3. The fourth-order valence-corrected chi connectivity index (χ4v) is 1.53. The van der Waals surface area contributed by atoms with Gasteiger partial charge in [0.25, 0.3) is 0 Å². The molecule has 3 nitrogen and oxygen atoms in total. The number of hydrogen-bond donors (Lipinski definition) is 2. The fraction of sp³-hybridized carbons (Fsp3) is 0.375. The van der Waals surface area contributed by atoms with Crippen molar-refractivity contribution in [2.24, 2.45) is 5.73 Å². The third-order valence-electron chi connectivity index (χ3n) is 2.23. The summed E-state index contributed by atoms with van der Waals surface area (Å²) in [6.45, 7) is 5.93. The van der Waals surface area contributed by atoms with Gasteiger partial charge in [0.1, 0.15) is 12.4 Å². The van der Waals surface area contributed by atoms with Crippen molar-refractivity contribution in [3.8, 4) is 5.75 Å². The summed E-state index contributed by atoms with van der Waals surface area (Å²) in [5.41, 5.74) is 5.11. The van der Waals surface area contributed by atoms with Crippen molar-refractivity contribution in [1.29, 1.82) is 0 Å². The van der Waals surface area contributed by atoms with E-state index in [-0.39, 0.29) is 12.4 Å². The molecular formula is C16H24ClNO2. The van der Waals surface area contributed by atoms with Crippen molar-refractivity contribution in [2.45, 2.75) is 32.9 Å². The molecule has 2 aromatic carbocycles. The standard InChI is InChI=1S/C13H14O2.C3H9N.ClH/c1-10(14)9-15-13-8-4-6-11-5-2-3-7-12(11)13;1-3(2)4;/h2-8,10,14H,9H2,1H3;3H,4H2,1-2H3;1H. The number of nitrogens with two attached hydrogens (primary N) is 1. The summed E-state index contributed by atoms with van der Waals surface area (Å²) in [7, 11) is 0. The van der Waals surface area contributed by atoms with Crippen molar-refractivity contribution in [1.82, 2.24) is 0 Å². The zero-order valence-electron chi connectivity index (χ0n) is 12.2. The van der Waals surface area contributed by atoms with E-state index in [1.165, 1.54) is 0 Å². The lowest BCUT2D eigenvalue weighted by molar-refractivity contribution is 0.123. The normalized spacial score (nSPS) is 11.3. The average Bonchev–Trinajstić information content (AvgIpc) is 2.35. The van der Waals surface area contributed by atoms with Crippen LogP contribution in [-0.2, 0) is 0 Å². The SMILES string of the molecule is CC(C)N.CC(O)COc1cccc2ccccc12.Cl. The minimum absolute atomic E-state index is 0. The van der Waals surface area contributed by atoms with E-state index in [2.05, 4.69) is 0 Å². The molecule has 0 bridgehead atoms. The first-order valence-electron chi connectivity index (χ1n) is 6.55. The summed E-state index contributed by atoms with van der Waals surface area (Å²) >= 11 is 0. The third-order valence-corrected chi connectivity index (χ3v) is 2.23. The van der Waals surface area contributed by atoms with Gasteiger partial charge in [0.15, 0.2) is 0 Å². The van der Waals surface area contributed by atoms with Crippen molar-refractivity contribution in [3.05, 3.63) is 42.5 Å². The van der Waals surface area contributed by atoms with Crippen LogP contribution in [0.4, 0.5) is 0 Å². The Balaban J connectivity index is 0.000000644. The molecule has 0 aliphatic rings. The van der Waals surface area contributed by atoms with Gasteiger partial charge in [-0.15, -0.1) is 12.4 Å². The molecule has 2 aromatic rings.